The summed E-state index contributed by atoms with van der Waals surface area (Å²) in [6.07, 6.45) is 3.83. The highest BCUT2D eigenvalue weighted by Gasteiger charge is 2.38. The molecule has 3 aromatic heterocycles. The molecule has 0 radical (unpaired) electrons. The molecule has 1 aliphatic heterocycles. The Morgan fingerprint density at radius 1 is 1.26 bits per heavy atom. The normalized spacial score (nSPS) is 14.7. The largest absolute Gasteiger partial charge is 0.386 e. The second kappa shape index (κ2) is 9.00. The van der Waals surface area contributed by atoms with Gasteiger partial charge in [0.2, 0.25) is 0 Å². The Morgan fingerprint density at radius 2 is 2.00 bits per heavy atom. The van der Waals surface area contributed by atoms with Gasteiger partial charge in [0.05, 0.1) is 23.0 Å². The molecular weight excluding hydrogens is 454 g/mol. The Kier molecular flexibility index (Phi) is 6.21. The number of β-amino-alcohol motifs (C(OH)–C–C–N with tert-alkyl or cyclic N) is 1. The highest BCUT2D eigenvalue weighted by Crippen LogP contribution is 2.33. The zero-order valence-electron chi connectivity index (χ0n) is 19.5. The lowest BCUT2D eigenvalue weighted by Gasteiger charge is -2.45. The number of aryl methyl sites for hydroxylation is 1. The van der Waals surface area contributed by atoms with Gasteiger partial charge in [-0.2, -0.15) is 14.0 Å². The van der Waals surface area contributed by atoms with E-state index in [9.17, 15) is 23.9 Å². The van der Waals surface area contributed by atoms with Crippen molar-refractivity contribution in [1.29, 1.82) is 5.26 Å². The SMILES string of the molecule is CCC(F)(F)c1cc(C(=O)Nc2cnc(C)c(-c3cnc(N4CC(C)(O)C4)c(C#N)c3)c2)ccn1. The van der Waals surface area contributed by atoms with Crippen LogP contribution in [0.3, 0.4) is 0 Å². The number of nitrogens with zero attached hydrogens (tertiary/aromatic N) is 5. The van der Waals surface area contributed by atoms with Gasteiger partial charge in [-0.25, -0.2) is 4.98 Å². The van der Waals surface area contributed by atoms with Crippen molar-refractivity contribution in [2.75, 3.05) is 23.3 Å². The number of alkyl halides is 2. The second-order valence-corrected chi connectivity index (χ2v) is 8.86. The molecular formula is C25H24F2N6O2. The first-order valence-corrected chi connectivity index (χ1v) is 11.0. The van der Waals surface area contributed by atoms with Crippen LogP contribution in [0.4, 0.5) is 20.3 Å². The molecule has 10 heteroatoms. The van der Waals surface area contributed by atoms with Crippen LogP contribution in [0.1, 0.15) is 47.6 Å². The van der Waals surface area contributed by atoms with E-state index in [1.165, 1.54) is 25.4 Å². The first-order chi connectivity index (χ1) is 16.5. The van der Waals surface area contributed by atoms with Crippen LogP contribution >= 0.6 is 0 Å². The first kappa shape index (κ1) is 24.2. The summed E-state index contributed by atoms with van der Waals surface area (Å²) in [6.45, 7) is 5.63. The predicted octanol–water partition coefficient (Wildman–Crippen LogP) is 4.04. The van der Waals surface area contributed by atoms with Gasteiger partial charge < -0.3 is 15.3 Å². The number of nitrogens with one attached hydrogen (secondary N) is 1. The summed E-state index contributed by atoms with van der Waals surface area (Å²) >= 11 is 0. The molecule has 0 aliphatic carbocycles. The molecule has 4 rings (SSSR count). The number of carbonyl (C=O) groups excluding carboxylic acids is 1. The zero-order valence-corrected chi connectivity index (χ0v) is 19.5. The number of hydrogen-bond donors (Lipinski definition) is 2. The maximum Gasteiger partial charge on any atom is 0.289 e. The number of halogens is 2. The van der Waals surface area contributed by atoms with E-state index in [1.54, 1.807) is 32.2 Å². The standard InChI is InChI=1S/C25H24F2N6O2/c1-4-25(26,27)21-8-16(5-6-29-21)23(34)32-19-9-20(15(2)30-12-19)18-7-17(10-28)22(31-11-18)33-13-24(3,35)14-33/h5-9,11-12,35H,4,13-14H2,1-3H3,(H,32,34). The van der Waals surface area contributed by atoms with Crippen molar-refractivity contribution in [3.63, 3.8) is 0 Å². The van der Waals surface area contributed by atoms with Crippen LogP contribution in [0.2, 0.25) is 0 Å². The third-order valence-electron chi connectivity index (χ3n) is 5.85. The molecule has 0 unspecified atom stereocenters. The van der Waals surface area contributed by atoms with Crippen molar-refractivity contribution in [1.82, 2.24) is 15.0 Å². The summed E-state index contributed by atoms with van der Waals surface area (Å²) in [5.41, 5.74) is 1.44. The zero-order chi connectivity index (χ0) is 25.4. The van der Waals surface area contributed by atoms with Crippen molar-refractivity contribution in [3.05, 3.63) is 65.4 Å². The molecule has 0 spiro atoms. The molecule has 180 valence electrons. The molecule has 1 aliphatic rings. The number of aromatic nitrogens is 3. The summed E-state index contributed by atoms with van der Waals surface area (Å²) in [5.74, 6) is -3.21. The van der Waals surface area contributed by atoms with Gasteiger partial charge in [-0.05, 0) is 38.1 Å². The second-order valence-electron chi connectivity index (χ2n) is 8.86. The van der Waals surface area contributed by atoms with Crippen molar-refractivity contribution >= 4 is 17.4 Å². The van der Waals surface area contributed by atoms with Crippen LogP contribution in [0.25, 0.3) is 11.1 Å². The summed E-state index contributed by atoms with van der Waals surface area (Å²) < 4.78 is 28.0. The van der Waals surface area contributed by atoms with E-state index in [0.29, 0.717) is 47.0 Å². The fraction of sp³-hybridized carbons (Fsp3) is 0.320. The summed E-state index contributed by atoms with van der Waals surface area (Å²) in [5, 5.41) is 22.3. The van der Waals surface area contributed by atoms with Crippen LogP contribution in [-0.4, -0.2) is 44.7 Å². The monoisotopic (exact) mass is 478 g/mol. The van der Waals surface area contributed by atoms with Crippen LogP contribution in [0.5, 0.6) is 0 Å². The van der Waals surface area contributed by atoms with Gasteiger partial charge in [-0.1, -0.05) is 6.92 Å². The number of carbonyl (C=O) groups is 1. The average molecular weight is 479 g/mol. The number of amides is 1. The Hall–Kier alpha value is -3.97. The molecule has 4 heterocycles. The van der Waals surface area contributed by atoms with E-state index in [4.69, 9.17) is 0 Å². The molecule has 35 heavy (non-hydrogen) atoms. The van der Waals surface area contributed by atoms with Gasteiger partial charge in [0.25, 0.3) is 11.8 Å². The summed E-state index contributed by atoms with van der Waals surface area (Å²) in [6, 6.07) is 7.97. The minimum absolute atomic E-state index is 0.0495. The van der Waals surface area contributed by atoms with E-state index in [2.05, 4.69) is 26.3 Å². The van der Waals surface area contributed by atoms with E-state index >= 15 is 0 Å². The van der Waals surface area contributed by atoms with Crippen molar-refractivity contribution in [2.45, 2.75) is 38.7 Å². The average Bonchev–Trinajstić information content (AvgIpc) is 2.83. The third kappa shape index (κ3) is 4.95. The Morgan fingerprint density at radius 3 is 2.66 bits per heavy atom. The summed E-state index contributed by atoms with van der Waals surface area (Å²) in [4.78, 5) is 27.0. The number of pyridine rings is 3. The van der Waals surface area contributed by atoms with Crippen LogP contribution < -0.4 is 10.2 Å². The smallest absolute Gasteiger partial charge is 0.289 e. The van der Waals surface area contributed by atoms with Gasteiger partial charge in [0, 0.05) is 54.3 Å². The molecule has 0 atom stereocenters. The van der Waals surface area contributed by atoms with E-state index in [-0.39, 0.29) is 5.56 Å². The van der Waals surface area contributed by atoms with Crippen LogP contribution in [0.15, 0.2) is 42.9 Å². The molecule has 0 saturated carbocycles. The quantitative estimate of drug-likeness (QED) is 0.549. The lowest BCUT2D eigenvalue weighted by Crippen LogP contribution is -2.60. The Labute approximate surface area is 201 Å². The highest BCUT2D eigenvalue weighted by molar-refractivity contribution is 6.04. The van der Waals surface area contributed by atoms with E-state index < -0.39 is 29.5 Å². The predicted molar refractivity (Wildman–Crippen MR) is 126 cm³/mol. The highest BCUT2D eigenvalue weighted by atomic mass is 19.3. The minimum Gasteiger partial charge on any atom is -0.386 e. The van der Waals surface area contributed by atoms with Crippen LogP contribution in [0, 0.1) is 18.3 Å². The van der Waals surface area contributed by atoms with Crippen molar-refractivity contribution in [3.8, 4) is 17.2 Å². The fourth-order valence-electron chi connectivity index (χ4n) is 3.91. The molecule has 0 bridgehead atoms. The fourth-order valence-corrected chi connectivity index (χ4v) is 3.91. The summed E-state index contributed by atoms with van der Waals surface area (Å²) in [7, 11) is 0. The third-order valence-corrected chi connectivity index (χ3v) is 5.85. The maximum atomic E-state index is 14.0. The number of hydrogen-bond acceptors (Lipinski definition) is 7. The van der Waals surface area contributed by atoms with Gasteiger partial charge in [-0.3, -0.25) is 14.8 Å². The molecule has 1 saturated heterocycles. The maximum absolute atomic E-state index is 14.0. The van der Waals surface area contributed by atoms with E-state index in [0.717, 1.165) is 6.07 Å². The first-order valence-electron chi connectivity index (χ1n) is 11.0. The lowest BCUT2D eigenvalue weighted by molar-refractivity contribution is -0.0128. The lowest BCUT2D eigenvalue weighted by atomic mass is 9.96. The number of nitriles is 1. The molecule has 0 aromatic carbocycles. The molecule has 1 amide bonds. The number of rotatable bonds is 6. The molecule has 8 nitrogen and oxygen atoms in total. The topological polar surface area (TPSA) is 115 Å². The Bertz CT molecular complexity index is 1330. The number of aliphatic hydroxyl groups is 1. The van der Waals surface area contributed by atoms with E-state index in [1.807, 2.05) is 4.90 Å². The van der Waals surface area contributed by atoms with Gasteiger partial charge >= 0.3 is 0 Å². The molecule has 1 fully saturated rings. The number of anilines is 2. The molecule has 3 aromatic rings. The van der Waals surface area contributed by atoms with Crippen molar-refractivity contribution in [2.24, 2.45) is 0 Å². The van der Waals surface area contributed by atoms with Gasteiger partial charge in [-0.15, -0.1) is 0 Å². The minimum atomic E-state index is -3.13. The van der Waals surface area contributed by atoms with Gasteiger partial charge in [0.15, 0.2) is 0 Å². The Balaban J connectivity index is 1.59. The van der Waals surface area contributed by atoms with Crippen LogP contribution in [-0.2, 0) is 5.92 Å². The molecule has 2 N–H and O–H groups in total. The van der Waals surface area contributed by atoms with Gasteiger partial charge in [0.1, 0.15) is 17.6 Å². The van der Waals surface area contributed by atoms with Crippen molar-refractivity contribution < 1.29 is 18.7 Å².